The Kier molecular flexibility index (Phi) is 5.82. The highest BCUT2D eigenvalue weighted by Gasteiger charge is 2.34. The third-order valence-electron chi connectivity index (χ3n) is 5.57. The Balaban J connectivity index is 1.39. The first-order valence-electron chi connectivity index (χ1n) is 10.5. The average Bonchev–Trinajstić information content (AvgIpc) is 2.83. The molecule has 34 heavy (non-hydrogen) atoms. The monoisotopic (exact) mass is 485 g/mol. The van der Waals surface area contributed by atoms with Gasteiger partial charge in [0.05, 0.1) is 5.52 Å². The highest BCUT2D eigenvalue weighted by Crippen LogP contribution is 2.32. The molecule has 1 saturated heterocycles. The third-order valence-corrected chi connectivity index (χ3v) is 5.80. The lowest BCUT2D eigenvalue weighted by Crippen LogP contribution is -2.47. The van der Waals surface area contributed by atoms with Crippen molar-refractivity contribution in [3.05, 3.63) is 71.8 Å². The van der Waals surface area contributed by atoms with Crippen LogP contribution in [0, 0.1) is 0 Å². The minimum absolute atomic E-state index is 0.115. The van der Waals surface area contributed by atoms with Crippen molar-refractivity contribution in [2.75, 3.05) is 41.3 Å². The summed E-state index contributed by atoms with van der Waals surface area (Å²) >= 11 is 6.09. The molecule has 11 heteroatoms. The molecule has 0 unspecified atom stereocenters. The molecule has 4 heterocycles. The van der Waals surface area contributed by atoms with Crippen LogP contribution in [-0.4, -0.2) is 46.1 Å². The Labute approximate surface area is 198 Å². The normalized spacial score (nSPS) is 14.5. The Hall–Kier alpha value is -3.66. The van der Waals surface area contributed by atoms with Crippen LogP contribution in [0.2, 0.25) is 5.02 Å². The van der Waals surface area contributed by atoms with Crippen molar-refractivity contribution in [1.29, 1.82) is 0 Å². The van der Waals surface area contributed by atoms with E-state index in [1.54, 1.807) is 18.3 Å². The summed E-state index contributed by atoms with van der Waals surface area (Å²) in [6.45, 7) is 2.22. The van der Waals surface area contributed by atoms with Crippen molar-refractivity contribution in [3.63, 3.8) is 0 Å². The second kappa shape index (κ2) is 8.94. The zero-order chi connectivity index (χ0) is 23.7. The highest BCUT2D eigenvalue weighted by molar-refractivity contribution is 6.31. The first-order chi connectivity index (χ1) is 16.4. The van der Waals surface area contributed by atoms with Gasteiger partial charge in [0.1, 0.15) is 5.82 Å². The van der Waals surface area contributed by atoms with Gasteiger partial charge in [0.25, 0.3) is 0 Å². The maximum absolute atomic E-state index is 13.5. The SMILES string of the molecule is FC(F)(F)c1cc(N2CCN(c3ccnc4cc(Cl)ccc34)CC2)nc(Nc2ccncc2)n1. The summed E-state index contributed by atoms with van der Waals surface area (Å²) in [6, 6.07) is 11.8. The number of piperazine rings is 1. The number of benzene rings is 1. The second-order valence-corrected chi connectivity index (χ2v) is 8.20. The van der Waals surface area contributed by atoms with Gasteiger partial charge in [0.2, 0.25) is 5.95 Å². The van der Waals surface area contributed by atoms with E-state index in [1.165, 1.54) is 12.4 Å². The number of pyridine rings is 2. The number of hydrogen-bond donors (Lipinski definition) is 1. The van der Waals surface area contributed by atoms with Crippen LogP contribution in [0.3, 0.4) is 0 Å². The molecule has 174 valence electrons. The third kappa shape index (κ3) is 4.67. The number of rotatable bonds is 4. The molecule has 1 fully saturated rings. The molecular weight excluding hydrogens is 467 g/mol. The minimum atomic E-state index is -4.59. The van der Waals surface area contributed by atoms with Gasteiger partial charge in [-0.15, -0.1) is 0 Å². The topological polar surface area (TPSA) is 70.1 Å². The number of fused-ring (bicyclic) bond motifs is 1. The summed E-state index contributed by atoms with van der Waals surface area (Å²) in [5, 5.41) is 4.43. The van der Waals surface area contributed by atoms with Gasteiger partial charge in [0.15, 0.2) is 5.69 Å². The number of halogens is 4. The molecule has 0 saturated carbocycles. The van der Waals surface area contributed by atoms with Crippen molar-refractivity contribution >= 4 is 45.6 Å². The molecule has 0 bridgehead atoms. The van der Waals surface area contributed by atoms with Crippen molar-refractivity contribution in [3.8, 4) is 0 Å². The van der Waals surface area contributed by atoms with Gasteiger partial charge in [-0.2, -0.15) is 18.2 Å². The molecule has 0 spiro atoms. The van der Waals surface area contributed by atoms with E-state index in [0.717, 1.165) is 22.7 Å². The fourth-order valence-corrected chi connectivity index (χ4v) is 4.09. The molecule has 0 aliphatic carbocycles. The standard InChI is InChI=1S/C23H19ClF3N7/c24-15-1-2-17-18(13-15)29-8-5-19(17)33-9-11-34(12-10-33)21-14-20(23(25,26)27)31-22(32-21)30-16-3-6-28-7-4-16/h1-8,13-14H,9-12H2,(H,28,30,31,32). The number of alkyl halides is 3. The molecule has 0 amide bonds. The Morgan fingerprint density at radius 3 is 2.32 bits per heavy atom. The molecule has 1 aliphatic rings. The van der Waals surface area contributed by atoms with E-state index < -0.39 is 11.9 Å². The highest BCUT2D eigenvalue weighted by atomic mass is 35.5. The lowest BCUT2D eigenvalue weighted by Gasteiger charge is -2.37. The van der Waals surface area contributed by atoms with Gasteiger partial charge < -0.3 is 15.1 Å². The smallest absolute Gasteiger partial charge is 0.367 e. The largest absolute Gasteiger partial charge is 0.433 e. The van der Waals surface area contributed by atoms with Crippen LogP contribution in [0.15, 0.2) is 61.1 Å². The fourth-order valence-electron chi connectivity index (χ4n) is 3.92. The molecule has 5 rings (SSSR count). The van der Waals surface area contributed by atoms with Crippen molar-refractivity contribution < 1.29 is 13.2 Å². The van der Waals surface area contributed by atoms with Crippen LogP contribution in [0.1, 0.15) is 5.69 Å². The molecule has 3 aromatic heterocycles. The summed E-state index contributed by atoms with van der Waals surface area (Å²) in [4.78, 5) is 20.4. The van der Waals surface area contributed by atoms with Gasteiger partial charge in [0, 0.05) is 72.6 Å². The summed E-state index contributed by atoms with van der Waals surface area (Å²) in [5.41, 5.74) is 1.37. The number of hydrogen-bond acceptors (Lipinski definition) is 7. The maximum atomic E-state index is 13.5. The zero-order valence-corrected chi connectivity index (χ0v) is 18.6. The Morgan fingerprint density at radius 2 is 1.59 bits per heavy atom. The van der Waals surface area contributed by atoms with E-state index in [-0.39, 0.29) is 11.8 Å². The first-order valence-corrected chi connectivity index (χ1v) is 10.9. The predicted octanol–water partition coefficient (Wildman–Crippen LogP) is 5.16. The van der Waals surface area contributed by atoms with Gasteiger partial charge in [-0.25, -0.2) is 4.98 Å². The van der Waals surface area contributed by atoms with Crippen molar-refractivity contribution in [2.45, 2.75) is 6.18 Å². The molecule has 4 aromatic rings. The lowest BCUT2D eigenvalue weighted by molar-refractivity contribution is -0.141. The average molecular weight is 486 g/mol. The van der Waals surface area contributed by atoms with E-state index in [0.29, 0.717) is 36.9 Å². The summed E-state index contributed by atoms with van der Waals surface area (Å²) < 4.78 is 40.6. The van der Waals surface area contributed by atoms with Crippen LogP contribution >= 0.6 is 11.6 Å². The predicted molar refractivity (Wildman–Crippen MR) is 126 cm³/mol. The number of anilines is 4. The summed E-state index contributed by atoms with van der Waals surface area (Å²) in [6.07, 6.45) is 0.211. The van der Waals surface area contributed by atoms with Crippen LogP contribution in [0.4, 0.5) is 36.3 Å². The number of nitrogens with zero attached hydrogens (tertiary/aromatic N) is 6. The summed E-state index contributed by atoms with van der Waals surface area (Å²) in [5.74, 6) is 0.111. The van der Waals surface area contributed by atoms with Crippen LogP contribution < -0.4 is 15.1 Å². The lowest BCUT2D eigenvalue weighted by atomic mass is 10.1. The van der Waals surface area contributed by atoms with E-state index in [4.69, 9.17) is 11.6 Å². The molecular formula is C23H19ClF3N7. The van der Waals surface area contributed by atoms with Crippen LogP contribution in [0.25, 0.3) is 10.9 Å². The number of nitrogens with one attached hydrogen (secondary N) is 1. The van der Waals surface area contributed by atoms with Gasteiger partial charge >= 0.3 is 6.18 Å². The molecule has 1 aromatic carbocycles. The maximum Gasteiger partial charge on any atom is 0.433 e. The van der Waals surface area contributed by atoms with Crippen molar-refractivity contribution in [1.82, 2.24) is 19.9 Å². The molecule has 1 N–H and O–H groups in total. The van der Waals surface area contributed by atoms with E-state index in [9.17, 15) is 13.2 Å². The van der Waals surface area contributed by atoms with Gasteiger partial charge in [-0.05, 0) is 36.4 Å². The molecule has 0 atom stereocenters. The minimum Gasteiger partial charge on any atom is -0.367 e. The fraction of sp³-hybridized carbons (Fsp3) is 0.217. The van der Waals surface area contributed by atoms with Crippen LogP contribution in [0.5, 0.6) is 0 Å². The number of aromatic nitrogens is 4. The van der Waals surface area contributed by atoms with E-state index >= 15 is 0 Å². The van der Waals surface area contributed by atoms with E-state index in [1.807, 2.05) is 29.2 Å². The van der Waals surface area contributed by atoms with Crippen molar-refractivity contribution in [2.24, 2.45) is 0 Å². The zero-order valence-electron chi connectivity index (χ0n) is 17.8. The quantitative estimate of drug-likeness (QED) is 0.428. The van der Waals surface area contributed by atoms with Crippen LogP contribution in [-0.2, 0) is 6.18 Å². The van der Waals surface area contributed by atoms with Gasteiger partial charge in [-0.1, -0.05) is 11.6 Å². The molecule has 1 aliphatic heterocycles. The van der Waals surface area contributed by atoms with E-state index in [2.05, 4.69) is 30.2 Å². The summed E-state index contributed by atoms with van der Waals surface area (Å²) in [7, 11) is 0. The Bertz CT molecular complexity index is 1310. The second-order valence-electron chi connectivity index (χ2n) is 7.76. The first kappa shape index (κ1) is 22.1. The van der Waals surface area contributed by atoms with Gasteiger partial charge in [-0.3, -0.25) is 9.97 Å². The molecule has 7 nitrogen and oxygen atoms in total. The Morgan fingerprint density at radius 1 is 0.853 bits per heavy atom. The molecule has 0 radical (unpaired) electrons.